The second kappa shape index (κ2) is 5.18. The average Bonchev–Trinajstić information content (AvgIpc) is 2.40. The molecule has 0 N–H and O–H groups in total. The minimum absolute atomic E-state index is 0.604. The summed E-state index contributed by atoms with van der Waals surface area (Å²) in [5, 5.41) is 8.79. The van der Waals surface area contributed by atoms with Crippen molar-refractivity contribution in [2.75, 3.05) is 0 Å². The Morgan fingerprint density at radius 2 is 1.82 bits per heavy atom. The molecule has 0 bridgehead atoms. The zero-order chi connectivity index (χ0) is 12.1. The highest BCUT2D eigenvalue weighted by molar-refractivity contribution is 5.39. The Morgan fingerprint density at radius 1 is 1.06 bits per heavy atom. The highest BCUT2D eigenvalue weighted by Gasteiger charge is 1.98. The molecule has 2 rings (SSSR count). The van der Waals surface area contributed by atoms with Gasteiger partial charge in [0.15, 0.2) is 0 Å². The van der Waals surface area contributed by atoms with E-state index in [1.165, 1.54) is 5.56 Å². The Kier molecular flexibility index (Phi) is 3.42. The summed E-state index contributed by atoms with van der Waals surface area (Å²) in [5.41, 5.74) is 1.89. The van der Waals surface area contributed by atoms with Gasteiger partial charge >= 0.3 is 0 Å². The molecule has 0 unspecified atom stereocenters. The van der Waals surface area contributed by atoms with Crippen LogP contribution in [0.2, 0.25) is 0 Å². The second-order valence-electron chi connectivity index (χ2n) is 3.74. The predicted octanol–water partition coefficient (Wildman–Crippen LogP) is 3.91. The Bertz CT molecular complexity index is 538. The van der Waals surface area contributed by atoms with Crippen LogP contribution >= 0.6 is 0 Å². The lowest BCUT2D eigenvalue weighted by atomic mass is 10.2. The van der Waals surface area contributed by atoms with Gasteiger partial charge < -0.3 is 4.74 Å². The molecule has 0 saturated heterocycles. The highest BCUT2D eigenvalue weighted by atomic mass is 16.5. The topological polar surface area (TPSA) is 33.0 Å². The monoisotopic (exact) mass is 223 g/mol. The van der Waals surface area contributed by atoms with Crippen molar-refractivity contribution in [2.45, 2.75) is 13.3 Å². The van der Waals surface area contributed by atoms with E-state index in [0.29, 0.717) is 11.3 Å². The third kappa shape index (κ3) is 2.85. The molecule has 0 atom stereocenters. The molecular formula is C15H13NO. The minimum Gasteiger partial charge on any atom is -0.457 e. The first-order chi connectivity index (χ1) is 8.31. The van der Waals surface area contributed by atoms with Gasteiger partial charge in [-0.1, -0.05) is 25.1 Å². The lowest BCUT2D eigenvalue weighted by Gasteiger charge is -2.06. The maximum atomic E-state index is 8.79. The number of hydrogen-bond acceptors (Lipinski definition) is 2. The maximum absolute atomic E-state index is 8.79. The zero-order valence-electron chi connectivity index (χ0n) is 9.68. The van der Waals surface area contributed by atoms with Gasteiger partial charge in [-0.25, -0.2) is 0 Å². The Labute approximate surface area is 101 Å². The second-order valence-corrected chi connectivity index (χ2v) is 3.74. The Hall–Kier alpha value is -2.27. The number of nitriles is 1. The van der Waals surface area contributed by atoms with E-state index in [4.69, 9.17) is 10.00 Å². The lowest BCUT2D eigenvalue weighted by molar-refractivity contribution is 0.482. The average molecular weight is 223 g/mol. The van der Waals surface area contributed by atoms with Crippen molar-refractivity contribution in [1.82, 2.24) is 0 Å². The lowest BCUT2D eigenvalue weighted by Crippen LogP contribution is -1.86. The quantitative estimate of drug-likeness (QED) is 0.790. The van der Waals surface area contributed by atoms with Gasteiger partial charge in [-0.05, 0) is 42.3 Å². The number of benzene rings is 2. The molecule has 0 fully saturated rings. The highest BCUT2D eigenvalue weighted by Crippen LogP contribution is 2.22. The molecule has 2 nitrogen and oxygen atoms in total. The molecule has 0 aliphatic heterocycles. The molecule has 0 aliphatic rings. The summed E-state index contributed by atoms with van der Waals surface area (Å²) >= 11 is 0. The fraction of sp³-hybridized carbons (Fsp3) is 0.133. The fourth-order valence-corrected chi connectivity index (χ4v) is 1.56. The SMILES string of the molecule is CCc1ccc(Oc2cccc(C#N)c2)cc1. The first kappa shape index (κ1) is 11.2. The molecule has 2 heteroatoms. The van der Waals surface area contributed by atoms with E-state index >= 15 is 0 Å². The maximum Gasteiger partial charge on any atom is 0.128 e. The summed E-state index contributed by atoms with van der Waals surface area (Å²) < 4.78 is 5.67. The molecule has 0 aromatic heterocycles. The number of hydrogen-bond donors (Lipinski definition) is 0. The van der Waals surface area contributed by atoms with E-state index in [9.17, 15) is 0 Å². The smallest absolute Gasteiger partial charge is 0.128 e. The van der Waals surface area contributed by atoms with E-state index < -0.39 is 0 Å². The van der Waals surface area contributed by atoms with Gasteiger partial charge in [0.1, 0.15) is 11.5 Å². The molecule has 2 aromatic carbocycles. The van der Waals surface area contributed by atoms with Crippen LogP contribution in [-0.4, -0.2) is 0 Å². The van der Waals surface area contributed by atoms with E-state index in [2.05, 4.69) is 13.0 Å². The molecule has 0 aliphatic carbocycles. The summed E-state index contributed by atoms with van der Waals surface area (Å²) in [6.45, 7) is 2.12. The third-order valence-corrected chi connectivity index (χ3v) is 2.53. The van der Waals surface area contributed by atoms with Crippen molar-refractivity contribution in [3.05, 3.63) is 59.7 Å². The van der Waals surface area contributed by atoms with Crippen molar-refractivity contribution in [2.24, 2.45) is 0 Å². The zero-order valence-corrected chi connectivity index (χ0v) is 9.68. The van der Waals surface area contributed by atoms with Crippen molar-refractivity contribution in [3.63, 3.8) is 0 Å². The molecule has 2 aromatic rings. The summed E-state index contributed by atoms with van der Waals surface area (Å²) in [4.78, 5) is 0. The molecule has 0 heterocycles. The van der Waals surface area contributed by atoms with Crippen LogP contribution in [0.25, 0.3) is 0 Å². The van der Waals surface area contributed by atoms with Crippen molar-refractivity contribution >= 4 is 0 Å². The standard InChI is InChI=1S/C15H13NO/c1-2-12-6-8-14(9-7-12)17-15-5-3-4-13(10-15)11-16/h3-10H,2H2,1H3. The number of ether oxygens (including phenoxy) is 1. The largest absolute Gasteiger partial charge is 0.457 e. The van der Waals surface area contributed by atoms with Gasteiger partial charge in [0.25, 0.3) is 0 Å². The fourth-order valence-electron chi connectivity index (χ4n) is 1.56. The van der Waals surface area contributed by atoms with Crippen LogP contribution in [0.15, 0.2) is 48.5 Å². The summed E-state index contributed by atoms with van der Waals surface area (Å²) in [6, 6.07) is 17.2. The van der Waals surface area contributed by atoms with Crippen LogP contribution in [0.5, 0.6) is 11.5 Å². The predicted molar refractivity (Wildman–Crippen MR) is 67.1 cm³/mol. The Balaban J connectivity index is 2.16. The molecule has 0 radical (unpaired) electrons. The van der Waals surface area contributed by atoms with Gasteiger partial charge in [-0.15, -0.1) is 0 Å². The van der Waals surface area contributed by atoms with Crippen LogP contribution in [0, 0.1) is 11.3 Å². The molecule has 17 heavy (non-hydrogen) atoms. The van der Waals surface area contributed by atoms with Crippen LogP contribution in [-0.2, 0) is 6.42 Å². The van der Waals surface area contributed by atoms with E-state index in [-0.39, 0.29) is 0 Å². The van der Waals surface area contributed by atoms with E-state index in [1.807, 2.05) is 36.4 Å². The minimum atomic E-state index is 0.604. The molecule has 0 spiro atoms. The Morgan fingerprint density at radius 3 is 2.47 bits per heavy atom. The summed E-state index contributed by atoms with van der Waals surface area (Å²) in [6.07, 6.45) is 1.02. The van der Waals surface area contributed by atoms with Gasteiger partial charge in [0.2, 0.25) is 0 Å². The van der Waals surface area contributed by atoms with E-state index in [1.54, 1.807) is 12.1 Å². The molecule has 0 saturated carbocycles. The van der Waals surface area contributed by atoms with Gasteiger partial charge in [0.05, 0.1) is 11.6 Å². The number of rotatable bonds is 3. The first-order valence-electron chi connectivity index (χ1n) is 5.59. The summed E-state index contributed by atoms with van der Waals surface area (Å²) in [5.74, 6) is 1.48. The van der Waals surface area contributed by atoms with Crippen LogP contribution < -0.4 is 4.74 Å². The third-order valence-electron chi connectivity index (χ3n) is 2.53. The van der Waals surface area contributed by atoms with Gasteiger partial charge in [-0.2, -0.15) is 5.26 Å². The summed E-state index contributed by atoms with van der Waals surface area (Å²) in [7, 11) is 0. The van der Waals surface area contributed by atoms with Crippen molar-refractivity contribution in [3.8, 4) is 17.6 Å². The van der Waals surface area contributed by atoms with Crippen molar-refractivity contribution in [1.29, 1.82) is 5.26 Å². The number of aryl methyl sites for hydroxylation is 1. The van der Waals surface area contributed by atoms with Crippen LogP contribution in [0.4, 0.5) is 0 Å². The number of nitrogens with zero attached hydrogens (tertiary/aromatic N) is 1. The van der Waals surface area contributed by atoms with Gasteiger partial charge in [0, 0.05) is 0 Å². The van der Waals surface area contributed by atoms with Crippen LogP contribution in [0.1, 0.15) is 18.1 Å². The first-order valence-corrected chi connectivity index (χ1v) is 5.59. The molecule has 84 valence electrons. The van der Waals surface area contributed by atoms with E-state index in [0.717, 1.165) is 12.2 Å². The van der Waals surface area contributed by atoms with Crippen molar-refractivity contribution < 1.29 is 4.74 Å². The molecular weight excluding hydrogens is 210 g/mol. The molecule has 0 amide bonds. The van der Waals surface area contributed by atoms with Gasteiger partial charge in [-0.3, -0.25) is 0 Å². The van der Waals surface area contributed by atoms with Crippen LogP contribution in [0.3, 0.4) is 0 Å². The normalized spacial score (nSPS) is 9.65.